The SMILES string of the molecule is NNC(=O)C(=O)Nc1nn(Cc2ccc(Cl)cc2)cc1Br. The molecule has 0 atom stereocenters. The van der Waals surface area contributed by atoms with Crippen molar-refractivity contribution >= 4 is 45.2 Å². The lowest BCUT2D eigenvalue weighted by molar-refractivity contribution is -0.136. The van der Waals surface area contributed by atoms with E-state index >= 15 is 0 Å². The maximum atomic E-state index is 11.4. The molecule has 0 bridgehead atoms. The Hall–Kier alpha value is -1.90. The molecule has 4 N–H and O–H groups in total. The monoisotopic (exact) mass is 371 g/mol. The number of rotatable bonds is 3. The molecule has 0 unspecified atom stereocenters. The van der Waals surface area contributed by atoms with E-state index < -0.39 is 11.8 Å². The van der Waals surface area contributed by atoms with Gasteiger partial charge in [-0.05, 0) is 33.6 Å². The number of amides is 2. The lowest BCUT2D eigenvalue weighted by Crippen LogP contribution is -2.39. The second-order valence-electron chi connectivity index (χ2n) is 4.08. The zero-order valence-electron chi connectivity index (χ0n) is 10.6. The number of nitrogens with two attached hydrogens (primary N) is 1. The van der Waals surface area contributed by atoms with Crippen LogP contribution in [0.25, 0.3) is 0 Å². The van der Waals surface area contributed by atoms with E-state index in [1.54, 1.807) is 28.4 Å². The molecular formula is C12H11BrClN5O2. The van der Waals surface area contributed by atoms with Gasteiger partial charge < -0.3 is 0 Å². The van der Waals surface area contributed by atoms with Crippen LogP contribution in [0.5, 0.6) is 0 Å². The minimum absolute atomic E-state index is 0.234. The van der Waals surface area contributed by atoms with Gasteiger partial charge in [-0.15, -0.1) is 0 Å². The summed E-state index contributed by atoms with van der Waals surface area (Å²) in [5, 5.41) is 7.17. The van der Waals surface area contributed by atoms with E-state index in [-0.39, 0.29) is 5.82 Å². The first-order chi connectivity index (χ1) is 9.99. The summed E-state index contributed by atoms with van der Waals surface area (Å²) >= 11 is 9.08. The van der Waals surface area contributed by atoms with Crippen LogP contribution in [0.3, 0.4) is 0 Å². The predicted molar refractivity (Wildman–Crippen MR) is 81.4 cm³/mol. The van der Waals surface area contributed by atoms with Gasteiger partial charge in [0.05, 0.1) is 11.0 Å². The molecule has 2 aromatic rings. The number of anilines is 1. The molecule has 0 aliphatic heterocycles. The van der Waals surface area contributed by atoms with Crippen LogP contribution in [0.4, 0.5) is 5.82 Å². The molecule has 0 saturated heterocycles. The number of carbonyl (C=O) groups is 2. The maximum Gasteiger partial charge on any atom is 0.323 e. The highest BCUT2D eigenvalue weighted by atomic mass is 79.9. The first-order valence-corrected chi connectivity index (χ1v) is 6.96. The second-order valence-corrected chi connectivity index (χ2v) is 5.37. The number of hydrogen-bond acceptors (Lipinski definition) is 4. The molecule has 110 valence electrons. The minimum atomic E-state index is -0.950. The fourth-order valence-corrected chi connectivity index (χ4v) is 2.11. The highest BCUT2D eigenvalue weighted by Gasteiger charge is 2.16. The molecule has 0 fully saturated rings. The number of hydrazine groups is 1. The standard InChI is InChI=1S/C12H11BrClN5O2/c13-9-6-19(5-7-1-3-8(14)4-2-7)18-10(9)16-11(20)12(21)17-15/h1-4,6H,5,15H2,(H,17,21)(H,16,18,20). The largest absolute Gasteiger partial charge is 0.323 e. The normalized spacial score (nSPS) is 10.2. The predicted octanol–water partition coefficient (Wildman–Crippen LogP) is 1.28. The highest BCUT2D eigenvalue weighted by molar-refractivity contribution is 9.10. The van der Waals surface area contributed by atoms with Gasteiger partial charge in [-0.2, -0.15) is 5.10 Å². The smallest absolute Gasteiger partial charge is 0.300 e. The van der Waals surface area contributed by atoms with Crippen molar-refractivity contribution in [1.29, 1.82) is 0 Å². The Morgan fingerprint density at radius 2 is 1.95 bits per heavy atom. The van der Waals surface area contributed by atoms with Gasteiger partial charge in [-0.3, -0.25) is 25.0 Å². The molecule has 2 rings (SSSR count). The fourth-order valence-electron chi connectivity index (χ4n) is 1.57. The van der Waals surface area contributed by atoms with Crippen LogP contribution in [0.1, 0.15) is 5.56 Å². The van der Waals surface area contributed by atoms with Gasteiger partial charge in [0, 0.05) is 11.2 Å². The fraction of sp³-hybridized carbons (Fsp3) is 0.0833. The zero-order chi connectivity index (χ0) is 15.4. The van der Waals surface area contributed by atoms with Crippen LogP contribution < -0.4 is 16.6 Å². The summed E-state index contributed by atoms with van der Waals surface area (Å²) in [4.78, 5) is 22.5. The lowest BCUT2D eigenvalue weighted by atomic mass is 10.2. The zero-order valence-corrected chi connectivity index (χ0v) is 13.0. The summed E-state index contributed by atoms with van der Waals surface area (Å²) in [6, 6.07) is 7.31. The van der Waals surface area contributed by atoms with E-state index in [1.807, 2.05) is 12.1 Å². The average Bonchev–Trinajstić information content (AvgIpc) is 2.80. The lowest BCUT2D eigenvalue weighted by Gasteiger charge is -2.02. The molecule has 0 aliphatic rings. The first-order valence-electron chi connectivity index (χ1n) is 5.79. The average molecular weight is 373 g/mol. The van der Waals surface area contributed by atoms with E-state index in [0.717, 1.165) is 5.56 Å². The van der Waals surface area contributed by atoms with Crippen LogP contribution in [0.15, 0.2) is 34.9 Å². The Bertz CT molecular complexity index is 671. The molecule has 21 heavy (non-hydrogen) atoms. The van der Waals surface area contributed by atoms with Crippen LogP contribution in [0, 0.1) is 0 Å². The highest BCUT2D eigenvalue weighted by Crippen LogP contribution is 2.21. The van der Waals surface area contributed by atoms with Crippen molar-refractivity contribution in [1.82, 2.24) is 15.2 Å². The molecule has 9 heteroatoms. The molecule has 7 nitrogen and oxygen atoms in total. The maximum absolute atomic E-state index is 11.4. The third kappa shape index (κ3) is 4.03. The molecule has 2 amide bonds. The van der Waals surface area contributed by atoms with E-state index in [1.165, 1.54) is 0 Å². The van der Waals surface area contributed by atoms with E-state index in [2.05, 4.69) is 26.3 Å². The molecule has 1 heterocycles. The number of halogens is 2. The van der Waals surface area contributed by atoms with Crippen molar-refractivity contribution in [3.8, 4) is 0 Å². The summed E-state index contributed by atoms with van der Waals surface area (Å²) in [5.41, 5.74) is 2.74. The molecular weight excluding hydrogens is 362 g/mol. The first kappa shape index (κ1) is 15.5. The quantitative estimate of drug-likeness (QED) is 0.327. The summed E-state index contributed by atoms with van der Waals surface area (Å²) < 4.78 is 2.16. The van der Waals surface area contributed by atoms with Crippen molar-refractivity contribution in [2.45, 2.75) is 6.54 Å². The molecule has 0 saturated carbocycles. The van der Waals surface area contributed by atoms with E-state index in [0.29, 0.717) is 16.0 Å². The Kier molecular flexibility index (Phi) is 4.94. The van der Waals surface area contributed by atoms with Crippen molar-refractivity contribution in [2.24, 2.45) is 5.84 Å². The van der Waals surface area contributed by atoms with Gasteiger partial charge in [-0.1, -0.05) is 23.7 Å². The van der Waals surface area contributed by atoms with Crippen molar-refractivity contribution < 1.29 is 9.59 Å². The number of aromatic nitrogens is 2. The van der Waals surface area contributed by atoms with Gasteiger partial charge in [0.25, 0.3) is 0 Å². The number of nitrogens with one attached hydrogen (secondary N) is 2. The number of carbonyl (C=O) groups excluding carboxylic acids is 2. The van der Waals surface area contributed by atoms with Gasteiger partial charge in [0.2, 0.25) is 0 Å². The van der Waals surface area contributed by atoms with Crippen LogP contribution in [0.2, 0.25) is 5.02 Å². The van der Waals surface area contributed by atoms with E-state index in [4.69, 9.17) is 17.4 Å². The Balaban J connectivity index is 2.10. The Morgan fingerprint density at radius 1 is 1.29 bits per heavy atom. The Labute approximate surface area is 133 Å². The van der Waals surface area contributed by atoms with Crippen molar-refractivity contribution in [3.63, 3.8) is 0 Å². The van der Waals surface area contributed by atoms with Gasteiger partial charge in [0.15, 0.2) is 5.82 Å². The molecule has 0 spiro atoms. The topological polar surface area (TPSA) is 102 Å². The summed E-state index contributed by atoms with van der Waals surface area (Å²) in [5.74, 6) is 3.27. The van der Waals surface area contributed by atoms with Crippen molar-refractivity contribution in [2.75, 3.05) is 5.32 Å². The third-order valence-electron chi connectivity index (χ3n) is 2.54. The van der Waals surface area contributed by atoms with Gasteiger partial charge >= 0.3 is 11.8 Å². The minimum Gasteiger partial charge on any atom is -0.300 e. The summed E-state index contributed by atoms with van der Waals surface area (Å²) in [6.45, 7) is 0.495. The third-order valence-corrected chi connectivity index (χ3v) is 3.38. The van der Waals surface area contributed by atoms with Gasteiger partial charge in [-0.25, -0.2) is 5.84 Å². The number of hydrogen-bond donors (Lipinski definition) is 3. The van der Waals surface area contributed by atoms with Crippen LogP contribution >= 0.6 is 27.5 Å². The van der Waals surface area contributed by atoms with Crippen LogP contribution in [-0.2, 0) is 16.1 Å². The van der Waals surface area contributed by atoms with Crippen molar-refractivity contribution in [3.05, 3.63) is 45.5 Å². The summed E-state index contributed by atoms with van der Waals surface area (Å²) in [6.07, 6.45) is 1.69. The Morgan fingerprint density at radius 3 is 2.57 bits per heavy atom. The van der Waals surface area contributed by atoms with Gasteiger partial charge in [0.1, 0.15) is 0 Å². The number of benzene rings is 1. The molecule has 0 radical (unpaired) electrons. The molecule has 1 aromatic carbocycles. The molecule has 0 aliphatic carbocycles. The number of nitrogens with zero attached hydrogens (tertiary/aromatic N) is 2. The second kappa shape index (κ2) is 6.70. The van der Waals surface area contributed by atoms with E-state index in [9.17, 15) is 9.59 Å². The summed E-state index contributed by atoms with van der Waals surface area (Å²) in [7, 11) is 0. The molecule has 1 aromatic heterocycles. The van der Waals surface area contributed by atoms with Crippen LogP contribution in [-0.4, -0.2) is 21.6 Å².